The van der Waals surface area contributed by atoms with Gasteiger partial charge < -0.3 is 20.3 Å². The standard InChI is InChI=1S/C18H25N5O3.ClH/c1-5-23(18(25)17(19-2)13-10-20-22(3)11-13)12-16(24)21-14-7-6-8-15(9-14)26-4;/h6-11,17,19H,5,12H2,1-4H3,(H,21,24);1H. The average Bonchev–Trinajstić information content (AvgIpc) is 3.06. The van der Waals surface area contributed by atoms with Crippen LogP contribution in [-0.4, -0.2) is 53.7 Å². The van der Waals surface area contributed by atoms with Crippen LogP contribution in [0.25, 0.3) is 0 Å². The minimum Gasteiger partial charge on any atom is -0.497 e. The molecule has 0 bridgehead atoms. The minimum absolute atomic E-state index is 0. The number of benzene rings is 1. The maximum atomic E-state index is 12.8. The van der Waals surface area contributed by atoms with Gasteiger partial charge in [0.15, 0.2) is 0 Å². The number of ether oxygens (including phenoxy) is 1. The Balaban J connectivity index is 0.00000364. The number of aromatic nitrogens is 2. The smallest absolute Gasteiger partial charge is 0.244 e. The molecule has 2 rings (SSSR count). The van der Waals surface area contributed by atoms with Gasteiger partial charge in [-0.2, -0.15) is 5.10 Å². The zero-order valence-electron chi connectivity index (χ0n) is 15.9. The predicted octanol–water partition coefficient (Wildman–Crippen LogP) is 1.60. The van der Waals surface area contributed by atoms with Crippen LogP contribution < -0.4 is 15.4 Å². The summed E-state index contributed by atoms with van der Waals surface area (Å²) in [6, 6.07) is 6.53. The highest BCUT2D eigenvalue weighted by molar-refractivity contribution is 5.95. The summed E-state index contributed by atoms with van der Waals surface area (Å²) < 4.78 is 6.78. The zero-order chi connectivity index (χ0) is 19.1. The molecule has 1 aromatic heterocycles. The molecule has 0 radical (unpaired) electrons. The van der Waals surface area contributed by atoms with Gasteiger partial charge in [-0.25, -0.2) is 0 Å². The van der Waals surface area contributed by atoms with Crippen LogP contribution in [0.3, 0.4) is 0 Å². The fourth-order valence-electron chi connectivity index (χ4n) is 2.62. The lowest BCUT2D eigenvalue weighted by Gasteiger charge is -2.25. The van der Waals surface area contributed by atoms with Crippen LogP contribution in [0.1, 0.15) is 18.5 Å². The summed E-state index contributed by atoms with van der Waals surface area (Å²) in [6.07, 6.45) is 3.42. The number of aryl methyl sites for hydroxylation is 1. The van der Waals surface area contributed by atoms with Crippen LogP contribution >= 0.6 is 12.4 Å². The van der Waals surface area contributed by atoms with E-state index in [1.54, 1.807) is 62.5 Å². The van der Waals surface area contributed by atoms with Gasteiger partial charge in [-0.1, -0.05) is 6.07 Å². The highest BCUT2D eigenvalue weighted by Gasteiger charge is 2.26. The molecule has 0 aliphatic carbocycles. The van der Waals surface area contributed by atoms with Crippen LogP contribution in [0.5, 0.6) is 5.75 Å². The van der Waals surface area contributed by atoms with Crippen molar-refractivity contribution < 1.29 is 14.3 Å². The zero-order valence-corrected chi connectivity index (χ0v) is 16.7. The predicted molar refractivity (Wildman–Crippen MR) is 106 cm³/mol. The van der Waals surface area contributed by atoms with Crippen molar-refractivity contribution in [2.75, 3.05) is 32.6 Å². The van der Waals surface area contributed by atoms with Gasteiger partial charge in [0.05, 0.1) is 19.9 Å². The van der Waals surface area contributed by atoms with Crippen molar-refractivity contribution in [3.63, 3.8) is 0 Å². The first-order valence-corrected chi connectivity index (χ1v) is 8.37. The Bertz CT molecular complexity index is 765. The third-order valence-electron chi connectivity index (χ3n) is 3.98. The molecule has 0 aliphatic heterocycles. The number of anilines is 1. The van der Waals surface area contributed by atoms with Crippen molar-refractivity contribution >= 4 is 29.9 Å². The van der Waals surface area contributed by atoms with Crippen molar-refractivity contribution in [3.8, 4) is 5.75 Å². The lowest BCUT2D eigenvalue weighted by molar-refractivity contribution is -0.136. The van der Waals surface area contributed by atoms with Gasteiger partial charge in [-0.3, -0.25) is 14.3 Å². The highest BCUT2D eigenvalue weighted by atomic mass is 35.5. The summed E-state index contributed by atoms with van der Waals surface area (Å²) in [4.78, 5) is 26.7. The first-order valence-electron chi connectivity index (χ1n) is 8.37. The lowest BCUT2D eigenvalue weighted by atomic mass is 10.1. The molecule has 8 nitrogen and oxygen atoms in total. The van der Waals surface area contributed by atoms with E-state index in [1.807, 2.05) is 6.92 Å². The van der Waals surface area contributed by atoms with Gasteiger partial charge in [0.1, 0.15) is 11.8 Å². The Morgan fingerprint density at radius 1 is 1.37 bits per heavy atom. The monoisotopic (exact) mass is 395 g/mol. The number of amides is 2. The number of hydrogen-bond donors (Lipinski definition) is 2. The van der Waals surface area contributed by atoms with E-state index in [-0.39, 0.29) is 30.8 Å². The van der Waals surface area contributed by atoms with Crippen LogP contribution in [0.4, 0.5) is 5.69 Å². The van der Waals surface area contributed by atoms with Crippen LogP contribution in [-0.2, 0) is 16.6 Å². The summed E-state index contributed by atoms with van der Waals surface area (Å²) in [7, 11) is 5.06. The summed E-state index contributed by atoms with van der Waals surface area (Å²) >= 11 is 0. The van der Waals surface area contributed by atoms with E-state index in [4.69, 9.17) is 4.74 Å². The van der Waals surface area contributed by atoms with Gasteiger partial charge in [0, 0.05) is 37.1 Å². The first kappa shape index (κ1) is 22.5. The molecule has 148 valence electrons. The molecule has 9 heteroatoms. The first-order chi connectivity index (χ1) is 12.5. The number of carbonyl (C=O) groups is 2. The molecule has 1 aromatic carbocycles. The Labute approximate surface area is 165 Å². The second kappa shape index (κ2) is 10.5. The van der Waals surface area contributed by atoms with E-state index in [1.165, 1.54) is 4.90 Å². The molecule has 0 fully saturated rings. The maximum Gasteiger partial charge on any atom is 0.244 e. The Kier molecular flexibility index (Phi) is 8.77. The van der Waals surface area contributed by atoms with Crippen LogP contribution in [0.2, 0.25) is 0 Å². The van der Waals surface area contributed by atoms with E-state index >= 15 is 0 Å². The van der Waals surface area contributed by atoms with E-state index in [0.29, 0.717) is 18.0 Å². The Hall–Kier alpha value is -2.58. The normalized spacial score (nSPS) is 11.3. The van der Waals surface area contributed by atoms with Gasteiger partial charge in [-0.15, -0.1) is 12.4 Å². The summed E-state index contributed by atoms with van der Waals surface area (Å²) in [5.41, 5.74) is 1.38. The second-order valence-corrected chi connectivity index (χ2v) is 5.80. The summed E-state index contributed by atoms with van der Waals surface area (Å²) in [6.45, 7) is 2.22. The molecule has 0 saturated heterocycles. The van der Waals surface area contributed by atoms with Crippen molar-refractivity contribution in [1.82, 2.24) is 20.0 Å². The largest absolute Gasteiger partial charge is 0.497 e. The maximum absolute atomic E-state index is 12.8. The van der Waals surface area contributed by atoms with Crippen LogP contribution in [0, 0.1) is 0 Å². The molecule has 1 atom stereocenters. The molecule has 0 spiro atoms. The van der Waals surface area contributed by atoms with Gasteiger partial charge >= 0.3 is 0 Å². The Morgan fingerprint density at radius 3 is 2.67 bits per heavy atom. The molecule has 2 aromatic rings. The van der Waals surface area contributed by atoms with E-state index in [0.717, 1.165) is 5.56 Å². The number of carbonyl (C=O) groups excluding carboxylic acids is 2. The number of halogens is 1. The number of nitrogens with one attached hydrogen (secondary N) is 2. The molecule has 0 saturated carbocycles. The van der Waals surface area contributed by atoms with E-state index in [2.05, 4.69) is 15.7 Å². The third-order valence-corrected chi connectivity index (χ3v) is 3.98. The topological polar surface area (TPSA) is 88.5 Å². The fraction of sp³-hybridized carbons (Fsp3) is 0.389. The molecule has 27 heavy (non-hydrogen) atoms. The van der Waals surface area contributed by atoms with Gasteiger partial charge in [-0.05, 0) is 26.1 Å². The Morgan fingerprint density at radius 2 is 2.11 bits per heavy atom. The lowest BCUT2D eigenvalue weighted by Crippen LogP contribution is -2.43. The van der Waals surface area contributed by atoms with Gasteiger partial charge in [0.2, 0.25) is 11.8 Å². The van der Waals surface area contributed by atoms with Crippen LogP contribution in [0.15, 0.2) is 36.7 Å². The molecular formula is C18H26ClN5O3. The van der Waals surface area contributed by atoms with Crippen molar-refractivity contribution in [2.45, 2.75) is 13.0 Å². The summed E-state index contributed by atoms with van der Waals surface area (Å²) in [5.74, 6) is 0.205. The quantitative estimate of drug-likeness (QED) is 0.708. The number of rotatable bonds is 8. The van der Waals surface area contributed by atoms with E-state index < -0.39 is 6.04 Å². The average molecular weight is 396 g/mol. The molecular weight excluding hydrogens is 370 g/mol. The molecule has 1 heterocycles. The number of nitrogens with zero attached hydrogens (tertiary/aromatic N) is 3. The van der Waals surface area contributed by atoms with Crippen molar-refractivity contribution in [2.24, 2.45) is 7.05 Å². The number of likely N-dealkylation sites (N-methyl/N-ethyl adjacent to an activating group) is 2. The fourth-order valence-corrected chi connectivity index (χ4v) is 2.62. The van der Waals surface area contributed by atoms with Gasteiger partial charge in [0.25, 0.3) is 0 Å². The number of hydrogen-bond acceptors (Lipinski definition) is 5. The SMILES string of the molecule is CCN(CC(=O)Nc1cccc(OC)c1)C(=O)C(NC)c1cnn(C)c1.Cl. The molecule has 0 aliphatic rings. The third kappa shape index (κ3) is 5.97. The molecule has 2 amide bonds. The summed E-state index contributed by atoms with van der Waals surface area (Å²) in [5, 5.41) is 9.88. The van der Waals surface area contributed by atoms with Crippen molar-refractivity contribution in [1.29, 1.82) is 0 Å². The highest BCUT2D eigenvalue weighted by Crippen LogP contribution is 2.17. The number of methoxy groups -OCH3 is 1. The molecule has 1 unspecified atom stereocenters. The molecule has 2 N–H and O–H groups in total. The second-order valence-electron chi connectivity index (χ2n) is 5.80. The van der Waals surface area contributed by atoms with E-state index in [9.17, 15) is 9.59 Å². The minimum atomic E-state index is -0.548. The van der Waals surface area contributed by atoms with Crippen molar-refractivity contribution in [3.05, 3.63) is 42.2 Å².